The van der Waals surface area contributed by atoms with E-state index in [0.29, 0.717) is 0 Å². The molecule has 0 amide bonds. The molecule has 0 fully saturated rings. The quantitative estimate of drug-likeness (QED) is 0.366. The van der Waals surface area contributed by atoms with Crippen molar-refractivity contribution < 1.29 is 4.20 Å². The highest BCUT2D eigenvalue weighted by atomic mass is 31.1. The molecule has 0 saturated carbocycles. The van der Waals surface area contributed by atoms with E-state index in [1.165, 1.54) is 0 Å². The van der Waals surface area contributed by atoms with Gasteiger partial charge in [0.25, 0.3) is 0 Å². The molecule has 0 rings (SSSR count). The fraction of sp³-hybridized carbons (Fsp3) is 0. The minimum atomic E-state index is -1.07. The van der Waals surface area contributed by atoms with Crippen LogP contribution in [-0.2, 0) is 0 Å². The number of hydrogen-bond donors (Lipinski definition) is 1. The number of hydrogen-bond acceptors (Lipinski definition) is 2. The average Bonchev–Trinajstić information content (AvgIpc) is 1.37. The van der Waals surface area contributed by atoms with E-state index in [2.05, 4.69) is 4.88 Å². The van der Waals surface area contributed by atoms with Crippen molar-refractivity contribution >= 4 is 9.04 Å². The zero-order valence-corrected chi connectivity index (χ0v) is 2.83. The van der Waals surface area contributed by atoms with Gasteiger partial charge in [0.1, 0.15) is 0 Å². The molecule has 0 aromatic carbocycles. The van der Waals surface area contributed by atoms with Gasteiger partial charge in [0.15, 0.2) is 0 Å². The highest BCUT2D eigenvalue weighted by molar-refractivity contribution is 7.29. The van der Waals surface area contributed by atoms with E-state index in [-0.39, 0.29) is 0 Å². The van der Waals surface area contributed by atoms with Gasteiger partial charge in [-0.15, -0.1) is 4.88 Å². The van der Waals surface area contributed by atoms with Crippen LogP contribution < -0.4 is 0 Å². The van der Waals surface area contributed by atoms with E-state index < -0.39 is 9.04 Å². The van der Waals surface area contributed by atoms with Crippen molar-refractivity contribution in [3.8, 4) is 0 Å². The van der Waals surface area contributed by atoms with E-state index in [9.17, 15) is 4.20 Å². The largest absolute Gasteiger partial charge is 0.211 e. The SMILES string of the molecule is N=NPF. The van der Waals surface area contributed by atoms with Gasteiger partial charge in [-0.25, -0.2) is 9.73 Å². The molecule has 0 saturated heterocycles. The lowest BCUT2D eigenvalue weighted by molar-refractivity contribution is 0.906. The second-order valence-corrected chi connectivity index (χ2v) is 0.589. The Hall–Kier alpha value is -0.0400. The Morgan fingerprint density at radius 1 is 2.00 bits per heavy atom. The second-order valence-electron chi connectivity index (χ2n) is 0.196. The molecule has 0 heterocycles. The van der Waals surface area contributed by atoms with E-state index in [1.54, 1.807) is 0 Å². The van der Waals surface area contributed by atoms with Crippen LogP contribution in [0.15, 0.2) is 4.88 Å². The van der Waals surface area contributed by atoms with Gasteiger partial charge in [-0.1, -0.05) is 0 Å². The van der Waals surface area contributed by atoms with Crippen LogP contribution in [0.1, 0.15) is 0 Å². The molecular weight excluding hydrogens is 78.0 g/mol. The fourth-order valence-corrected chi connectivity index (χ4v) is 0. The van der Waals surface area contributed by atoms with Crippen LogP contribution in [0.2, 0.25) is 0 Å². The molecular formula is H2FN2P. The van der Waals surface area contributed by atoms with Crippen LogP contribution >= 0.6 is 9.04 Å². The molecule has 24 valence electrons. The molecule has 1 unspecified atom stereocenters. The van der Waals surface area contributed by atoms with Crippen molar-refractivity contribution in [1.29, 1.82) is 5.53 Å². The maximum atomic E-state index is 10.4. The Kier molecular flexibility index (Phi) is 2.93. The van der Waals surface area contributed by atoms with Gasteiger partial charge in [-0.05, 0) is 0 Å². The minimum Gasteiger partial charge on any atom is -0.204 e. The number of nitrogens with zero attached hydrogens (tertiary/aromatic N) is 1. The number of nitrogens with one attached hydrogen (secondary N) is 1. The molecule has 0 bridgehead atoms. The Balaban J connectivity index is 2.30. The molecule has 0 radical (unpaired) electrons. The first-order valence-corrected chi connectivity index (χ1v) is 1.46. The number of halogens is 1. The van der Waals surface area contributed by atoms with Gasteiger partial charge in [-0.3, -0.25) is 0 Å². The normalized spacial score (nSPS) is 9.25. The lowest BCUT2D eigenvalue weighted by Gasteiger charge is -1.53. The molecule has 0 aromatic rings. The Morgan fingerprint density at radius 3 is 2.25 bits per heavy atom. The predicted octanol–water partition coefficient (Wildman–Crippen LogP) is 1.50. The third-order valence-electron chi connectivity index (χ3n) is 0.0423. The van der Waals surface area contributed by atoms with Crippen molar-refractivity contribution in [2.45, 2.75) is 0 Å². The highest BCUT2D eigenvalue weighted by Gasteiger charge is 1.52. The lowest BCUT2D eigenvalue weighted by Crippen LogP contribution is -1.06. The topological polar surface area (TPSA) is 36.2 Å². The molecule has 1 atom stereocenters. The zero-order valence-electron chi connectivity index (χ0n) is 1.83. The second kappa shape index (κ2) is 2.96. The van der Waals surface area contributed by atoms with Crippen LogP contribution in [0.25, 0.3) is 0 Å². The van der Waals surface area contributed by atoms with E-state index in [4.69, 9.17) is 5.53 Å². The van der Waals surface area contributed by atoms with Crippen LogP contribution in [-0.4, -0.2) is 0 Å². The van der Waals surface area contributed by atoms with E-state index in [0.717, 1.165) is 0 Å². The molecule has 2 nitrogen and oxygen atoms in total. The van der Waals surface area contributed by atoms with Gasteiger partial charge in [0, 0.05) is 0 Å². The van der Waals surface area contributed by atoms with E-state index >= 15 is 0 Å². The first kappa shape index (κ1) is 3.96. The van der Waals surface area contributed by atoms with Crippen molar-refractivity contribution in [3.63, 3.8) is 0 Å². The summed E-state index contributed by atoms with van der Waals surface area (Å²) in [6.45, 7) is 0. The molecule has 0 aliphatic rings. The van der Waals surface area contributed by atoms with Crippen LogP contribution in [0.5, 0.6) is 0 Å². The third kappa shape index (κ3) is 1.96. The van der Waals surface area contributed by atoms with Crippen LogP contribution in [0.4, 0.5) is 4.20 Å². The van der Waals surface area contributed by atoms with Crippen molar-refractivity contribution in [1.82, 2.24) is 0 Å². The molecule has 0 aliphatic carbocycles. The maximum absolute atomic E-state index is 10.4. The predicted molar refractivity (Wildman–Crippen MR) is 14.6 cm³/mol. The Bertz CT molecular complexity index is 20.0. The summed E-state index contributed by atoms with van der Waals surface area (Å²) >= 11 is 0. The molecule has 0 spiro atoms. The first-order chi connectivity index (χ1) is 1.91. The lowest BCUT2D eigenvalue weighted by atomic mass is 13.3. The molecule has 0 aromatic heterocycles. The Morgan fingerprint density at radius 2 is 2.25 bits per heavy atom. The third-order valence-corrected chi connectivity index (χ3v) is 0.127. The van der Waals surface area contributed by atoms with Crippen molar-refractivity contribution in [3.05, 3.63) is 0 Å². The summed E-state index contributed by atoms with van der Waals surface area (Å²) in [6.07, 6.45) is 0. The van der Waals surface area contributed by atoms with Gasteiger partial charge in [-0.2, -0.15) is 0 Å². The Labute approximate surface area is 24.9 Å². The molecule has 4 heavy (non-hydrogen) atoms. The van der Waals surface area contributed by atoms with Gasteiger partial charge >= 0.3 is 0 Å². The van der Waals surface area contributed by atoms with Crippen LogP contribution in [0.3, 0.4) is 0 Å². The van der Waals surface area contributed by atoms with Gasteiger partial charge < -0.3 is 0 Å². The molecule has 0 aliphatic heterocycles. The van der Waals surface area contributed by atoms with Crippen molar-refractivity contribution in [2.75, 3.05) is 0 Å². The summed E-state index contributed by atoms with van der Waals surface area (Å²) in [4.78, 5) is 2.35. The smallest absolute Gasteiger partial charge is 0.204 e. The summed E-state index contributed by atoms with van der Waals surface area (Å²) in [6, 6.07) is 0. The summed E-state index contributed by atoms with van der Waals surface area (Å²) < 4.78 is 10.4. The first-order valence-electron chi connectivity index (χ1n) is 0.636. The summed E-state index contributed by atoms with van der Waals surface area (Å²) in [5.41, 5.74) is 5.71. The van der Waals surface area contributed by atoms with Crippen molar-refractivity contribution in [2.24, 2.45) is 4.88 Å². The van der Waals surface area contributed by atoms with Gasteiger partial charge in [0.2, 0.25) is 9.04 Å². The molecule has 4 heteroatoms. The minimum absolute atomic E-state index is 1.07. The highest BCUT2D eigenvalue weighted by Crippen LogP contribution is 2.08. The van der Waals surface area contributed by atoms with E-state index in [1.807, 2.05) is 0 Å². The standard InChI is InChI=1S/FH2N2P/c1-4-3-2/h2,4H. The zero-order chi connectivity index (χ0) is 3.41. The monoisotopic (exact) mass is 80.0 g/mol. The molecule has 1 N–H and O–H groups in total. The summed E-state index contributed by atoms with van der Waals surface area (Å²) in [5.74, 6) is 0. The maximum Gasteiger partial charge on any atom is 0.211 e. The summed E-state index contributed by atoms with van der Waals surface area (Å²) in [7, 11) is -1.07. The van der Waals surface area contributed by atoms with Crippen LogP contribution in [0, 0.1) is 5.53 Å². The van der Waals surface area contributed by atoms with Gasteiger partial charge in [0.05, 0.1) is 0 Å². The fourth-order valence-electron chi connectivity index (χ4n) is 0. The number of rotatable bonds is 1. The average molecular weight is 80.0 g/mol. The summed E-state index contributed by atoms with van der Waals surface area (Å²) in [5, 5.41) is 0.